The number of methoxy groups -OCH3 is 2. The molecule has 3 heterocycles. The van der Waals surface area contributed by atoms with E-state index in [9.17, 15) is 32.3 Å². The van der Waals surface area contributed by atoms with Gasteiger partial charge in [0.25, 0.3) is 0 Å². The number of hydrogen-bond donors (Lipinski definition) is 1. The molecule has 0 saturated carbocycles. The van der Waals surface area contributed by atoms with Crippen LogP contribution in [0.4, 0.5) is 19.0 Å². The van der Waals surface area contributed by atoms with Crippen LogP contribution in [0, 0.1) is 5.41 Å². The van der Waals surface area contributed by atoms with Gasteiger partial charge in [0.15, 0.2) is 5.69 Å². The van der Waals surface area contributed by atoms with Crippen molar-refractivity contribution in [3.8, 4) is 21.7 Å². The fourth-order valence-corrected chi connectivity index (χ4v) is 5.62. The van der Waals surface area contributed by atoms with Gasteiger partial charge in [-0.25, -0.2) is 14.8 Å². The number of benzene rings is 1. The van der Waals surface area contributed by atoms with Gasteiger partial charge in [0.2, 0.25) is 11.3 Å². The van der Waals surface area contributed by atoms with Gasteiger partial charge in [-0.1, -0.05) is 6.07 Å². The van der Waals surface area contributed by atoms with Crippen LogP contribution in [-0.2, 0) is 34.7 Å². The van der Waals surface area contributed by atoms with Crippen LogP contribution < -0.4 is 10.7 Å². The van der Waals surface area contributed by atoms with Crippen molar-refractivity contribution in [2.75, 3.05) is 46.0 Å². The second-order valence-electron chi connectivity index (χ2n) is 11.9. The Bertz CT molecular complexity index is 1910. The molecule has 0 aliphatic carbocycles. The fourth-order valence-electron chi connectivity index (χ4n) is 4.77. The van der Waals surface area contributed by atoms with Crippen molar-refractivity contribution in [1.82, 2.24) is 14.5 Å². The maximum atomic E-state index is 13.9. The number of carbonyl (C=O) groups excluding carboxylic acids is 3. The monoisotopic (exact) mass is 704 g/mol. The average Bonchev–Trinajstić information content (AvgIpc) is 3.54. The number of pyridine rings is 2. The Morgan fingerprint density at radius 2 is 1.67 bits per heavy atom. The van der Waals surface area contributed by atoms with E-state index in [0.717, 1.165) is 16.7 Å². The molecule has 0 radical (unpaired) electrons. The predicted molar refractivity (Wildman–Crippen MR) is 175 cm³/mol. The molecule has 49 heavy (non-hydrogen) atoms. The first kappa shape index (κ1) is 37.2. The Morgan fingerprint density at radius 1 is 1.00 bits per heavy atom. The van der Waals surface area contributed by atoms with Crippen molar-refractivity contribution < 1.29 is 46.5 Å². The van der Waals surface area contributed by atoms with Crippen molar-refractivity contribution in [3.63, 3.8) is 0 Å². The number of thiazole rings is 1. The number of ether oxygens (including phenoxy) is 4. The lowest BCUT2D eigenvalue weighted by Gasteiger charge is -2.23. The highest BCUT2D eigenvalue weighted by molar-refractivity contribution is 7.13. The molecule has 0 bridgehead atoms. The number of rotatable bonds is 12. The molecule has 0 atom stereocenters. The number of aromatic nitrogens is 3. The molecular weight excluding hydrogens is 669 g/mol. The molecule has 4 rings (SSSR count). The van der Waals surface area contributed by atoms with E-state index in [0.29, 0.717) is 16.6 Å². The molecule has 0 aliphatic rings. The summed E-state index contributed by atoms with van der Waals surface area (Å²) in [4.78, 5) is 59.0. The number of amides is 1. The molecule has 1 aromatic carbocycles. The lowest BCUT2D eigenvalue weighted by atomic mass is 9.97. The molecule has 16 heteroatoms. The van der Waals surface area contributed by atoms with E-state index in [1.54, 1.807) is 37.5 Å². The predicted octanol–water partition coefficient (Wildman–Crippen LogP) is 5.74. The molecule has 0 aliphatic heterocycles. The van der Waals surface area contributed by atoms with E-state index in [4.69, 9.17) is 18.9 Å². The molecular formula is C33H35F3N4O8S. The number of fused-ring (bicyclic) bond motifs is 1. The SMILES string of the molecule is COCC(COC)n1cc(C(=O)OCCOC(=O)C(C)(C)C)c(=O)c2cc(-c3cnc(NC(C)=O)cc3-c3nc(C(F)(F)F)cs3)ccc21. The number of alkyl halides is 3. The van der Waals surface area contributed by atoms with Crippen LogP contribution in [0.15, 0.2) is 46.8 Å². The largest absolute Gasteiger partial charge is 0.462 e. The van der Waals surface area contributed by atoms with E-state index in [2.05, 4.69) is 15.3 Å². The molecule has 262 valence electrons. The van der Waals surface area contributed by atoms with E-state index in [-0.39, 0.29) is 53.8 Å². The highest BCUT2D eigenvalue weighted by Gasteiger charge is 2.34. The summed E-state index contributed by atoms with van der Waals surface area (Å²) in [6.07, 6.45) is -1.98. The molecule has 0 unspecified atom stereocenters. The summed E-state index contributed by atoms with van der Waals surface area (Å²) in [5, 5.41) is 3.47. The van der Waals surface area contributed by atoms with Gasteiger partial charge >= 0.3 is 18.1 Å². The molecule has 0 spiro atoms. The number of halogens is 3. The van der Waals surface area contributed by atoms with Crippen molar-refractivity contribution >= 4 is 45.9 Å². The summed E-state index contributed by atoms with van der Waals surface area (Å²) in [6, 6.07) is 5.66. The van der Waals surface area contributed by atoms with Crippen LogP contribution in [-0.4, -0.2) is 73.0 Å². The maximum Gasteiger partial charge on any atom is 0.434 e. The Balaban J connectivity index is 1.85. The van der Waals surface area contributed by atoms with Crippen LogP contribution in [0.3, 0.4) is 0 Å². The first-order valence-corrected chi connectivity index (χ1v) is 15.7. The van der Waals surface area contributed by atoms with Gasteiger partial charge in [0.05, 0.1) is 30.2 Å². The molecule has 1 N–H and O–H groups in total. The van der Waals surface area contributed by atoms with Crippen LogP contribution >= 0.6 is 11.3 Å². The van der Waals surface area contributed by atoms with Gasteiger partial charge in [-0.15, -0.1) is 11.3 Å². The molecule has 1 amide bonds. The van der Waals surface area contributed by atoms with Crippen molar-refractivity contribution in [2.24, 2.45) is 5.41 Å². The molecule has 3 aromatic heterocycles. The van der Waals surface area contributed by atoms with Crippen LogP contribution in [0.2, 0.25) is 0 Å². The zero-order chi connectivity index (χ0) is 36.1. The van der Waals surface area contributed by atoms with Crippen molar-refractivity contribution in [3.05, 3.63) is 63.5 Å². The maximum absolute atomic E-state index is 13.9. The Morgan fingerprint density at radius 3 is 2.27 bits per heavy atom. The van der Waals surface area contributed by atoms with Gasteiger partial charge in [0.1, 0.15) is 29.6 Å². The molecule has 4 aromatic rings. The lowest BCUT2D eigenvalue weighted by Crippen LogP contribution is -2.27. The van der Waals surface area contributed by atoms with Gasteiger partial charge in [-0.2, -0.15) is 13.2 Å². The third kappa shape index (κ3) is 8.87. The molecule has 0 saturated heterocycles. The minimum Gasteiger partial charge on any atom is -0.462 e. The van der Waals surface area contributed by atoms with Crippen LogP contribution in [0.5, 0.6) is 0 Å². The fraction of sp³-hybridized carbons (Fsp3) is 0.394. The van der Waals surface area contributed by atoms with E-state index in [1.807, 2.05) is 0 Å². The summed E-state index contributed by atoms with van der Waals surface area (Å²) in [7, 11) is 2.98. The Hall–Kier alpha value is -4.67. The van der Waals surface area contributed by atoms with E-state index in [1.165, 1.54) is 45.7 Å². The molecule has 0 fully saturated rings. The molecule has 12 nitrogen and oxygen atoms in total. The summed E-state index contributed by atoms with van der Waals surface area (Å²) in [5.41, 5.74) is -1.55. The standard InChI is InChI=1S/C33H35F3N4O8S/c1-18(41)38-27-12-21(29-39-26(17-49-29)33(34,35)36)23(13-37-27)19-7-8-25-22(11-19)28(42)24(14-40(25)20(15-45-5)16-46-6)30(43)47-9-10-48-31(44)32(2,3)4/h7-8,11-14,17,20H,9-10,15-16H2,1-6H3,(H,37,38,41). The van der Waals surface area contributed by atoms with E-state index >= 15 is 0 Å². The third-order valence-corrected chi connectivity index (χ3v) is 7.95. The normalized spacial score (nSPS) is 12.0. The van der Waals surface area contributed by atoms with Crippen molar-refractivity contribution in [2.45, 2.75) is 39.9 Å². The van der Waals surface area contributed by atoms with Crippen molar-refractivity contribution in [1.29, 1.82) is 0 Å². The summed E-state index contributed by atoms with van der Waals surface area (Å²) >= 11 is 0.751. The smallest absolute Gasteiger partial charge is 0.434 e. The number of hydrogen-bond acceptors (Lipinski definition) is 11. The lowest BCUT2D eigenvalue weighted by molar-refractivity contribution is -0.154. The van der Waals surface area contributed by atoms with Gasteiger partial charge < -0.3 is 28.8 Å². The highest BCUT2D eigenvalue weighted by atomic mass is 32.1. The first-order chi connectivity index (χ1) is 23.0. The minimum absolute atomic E-state index is 0.00132. The van der Waals surface area contributed by atoms with Gasteiger partial charge in [-0.3, -0.25) is 14.4 Å². The second kappa shape index (κ2) is 15.3. The Kier molecular flexibility index (Phi) is 11.6. The van der Waals surface area contributed by atoms with Gasteiger partial charge in [0, 0.05) is 55.4 Å². The first-order valence-electron chi connectivity index (χ1n) is 14.9. The number of anilines is 1. The highest BCUT2D eigenvalue weighted by Crippen LogP contribution is 2.39. The topological polar surface area (TPSA) is 148 Å². The summed E-state index contributed by atoms with van der Waals surface area (Å²) in [5.74, 6) is -1.81. The quantitative estimate of drug-likeness (QED) is 0.143. The van der Waals surface area contributed by atoms with Crippen LogP contribution in [0.25, 0.3) is 32.6 Å². The number of nitrogens with zero attached hydrogens (tertiary/aromatic N) is 3. The van der Waals surface area contributed by atoms with Crippen LogP contribution in [0.1, 0.15) is 49.8 Å². The average molecular weight is 705 g/mol. The zero-order valence-electron chi connectivity index (χ0n) is 27.6. The zero-order valence-corrected chi connectivity index (χ0v) is 28.4. The third-order valence-electron chi connectivity index (χ3n) is 7.07. The Labute approximate surface area is 283 Å². The second-order valence-corrected chi connectivity index (χ2v) is 12.8. The van der Waals surface area contributed by atoms with E-state index < -0.39 is 46.6 Å². The summed E-state index contributed by atoms with van der Waals surface area (Å²) < 4.78 is 63.3. The number of esters is 2. The van der Waals surface area contributed by atoms with Gasteiger partial charge in [-0.05, 0) is 44.5 Å². The summed E-state index contributed by atoms with van der Waals surface area (Å²) in [6.45, 7) is 6.06. The number of nitrogens with one attached hydrogen (secondary N) is 1. The number of carbonyl (C=O) groups is 3. The minimum atomic E-state index is -4.68.